The van der Waals surface area contributed by atoms with E-state index < -0.39 is 5.60 Å². The predicted octanol–water partition coefficient (Wildman–Crippen LogP) is 2.10. The number of ether oxygens (including phenoxy) is 1. The lowest BCUT2D eigenvalue weighted by Gasteiger charge is -2.34. The molecule has 1 amide bonds. The van der Waals surface area contributed by atoms with E-state index in [-0.39, 0.29) is 18.0 Å². The average Bonchev–Trinajstić information content (AvgIpc) is 2.37. The van der Waals surface area contributed by atoms with Gasteiger partial charge < -0.3 is 15.0 Å². The van der Waals surface area contributed by atoms with Crippen LogP contribution in [0, 0.1) is 5.82 Å². The van der Waals surface area contributed by atoms with Crippen molar-refractivity contribution in [3.8, 4) is 0 Å². The molecule has 2 rings (SSSR count). The van der Waals surface area contributed by atoms with Crippen molar-refractivity contribution in [1.82, 2.24) is 15.2 Å². The summed E-state index contributed by atoms with van der Waals surface area (Å²) in [5.74, 6) is -0.376. The van der Waals surface area contributed by atoms with Gasteiger partial charge in [0.2, 0.25) is 0 Å². The highest BCUT2D eigenvalue weighted by atomic mass is 19.1. The fourth-order valence-corrected chi connectivity index (χ4v) is 2.08. The number of carbonyl (C=O) groups excluding carboxylic acids is 1. The van der Waals surface area contributed by atoms with Gasteiger partial charge >= 0.3 is 6.09 Å². The number of hydrogen-bond acceptors (Lipinski definition) is 4. The number of nitrogens with zero attached hydrogens (tertiary/aromatic N) is 2. The molecule has 110 valence electrons. The van der Waals surface area contributed by atoms with Gasteiger partial charge in [0, 0.05) is 25.8 Å². The molecule has 0 saturated carbocycles. The van der Waals surface area contributed by atoms with Gasteiger partial charge in [-0.3, -0.25) is 4.98 Å². The number of carbonyl (C=O) groups is 1. The molecule has 5 nitrogen and oxygen atoms in total. The number of halogens is 1. The lowest BCUT2D eigenvalue weighted by Crippen LogP contribution is -2.49. The summed E-state index contributed by atoms with van der Waals surface area (Å²) in [6.45, 7) is 7.16. The van der Waals surface area contributed by atoms with Crippen molar-refractivity contribution < 1.29 is 13.9 Å². The fourth-order valence-electron chi connectivity index (χ4n) is 2.08. The molecular formula is C14H20FN3O2. The first-order valence-electron chi connectivity index (χ1n) is 6.67. The van der Waals surface area contributed by atoms with Crippen molar-refractivity contribution >= 4 is 6.09 Å². The molecule has 1 aromatic heterocycles. The van der Waals surface area contributed by atoms with Crippen LogP contribution in [0.15, 0.2) is 18.5 Å². The standard InChI is InChI=1S/C14H20FN3O2/c1-14(2,3)20-13(19)18-5-4-17-12(9-18)10-6-11(15)8-16-7-10/h6-8,12,17H,4-5,9H2,1-3H3. The molecule has 2 heterocycles. The third kappa shape index (κ3) is 3.90. The first-order valence-corrected chi connectivity index (χ1v) is 6.67. The van der Waals surface area contributed by atoms with Crippen LogP contribution in [0.25, 0.3) is 0 Å². The Labute approximate surface area is 118 Å². The van der Waals surface area contributed by atoms with Crippen LogP contribution < -0.4 is 5.32 Å². The molecule has 0 spiro atoms. The van der Waals surface area contributed by atoms with Crippen LogP contribution in [-0.4, -0.2) is 41.2 Å². The zero-order chi connectivity index (χ0) is 14.8. The maximum atomic E-state index is 13.2. The summed E-state index contributed by atoms with van der Waals surface area (Å²) in [6, 6.07) is 1.31. The van der Waals surface area contributed by atoms with Crippen molar-refractivity contribution in [2.45, 2.75) is 32.4 Å². The Hall–Kier alpha value is -1.69. The number of piperazine rings is 1. The Bertz CT molecular complexity index is 488. The second-order valence-electron chi connectivity index (χ2n) is 5.87. The number of pyridine rings is 1. The molecule has 1 aromatic rings. The van der Waals surface area contributed by atoms with Crippen molar-refractivity contribution in [3.63, 3.8) is 0 Å². The molecule has 1 saturated heterocycles. The van der Waals surface area contributed by atoms with Gasteiger partial charge in [-0.25, -0.2) is 9.18 Å². The normalized spacial score (nSPS) is 19.8. The first kappa shape index (κ1) is 14.7. The van der Waals surface area contributed by atoms with Crippen LogP contribution in [0.4, 0.5) is 9.18 Å². The van der Waals surface area contributed by atoms with Crippen molar-refractivity contribution in [3.05, 3.63) is 29.8 Å². The fraction of sp³-hybridized carbons (Fsp3) is 0.571. The number of amides is 1. The lowest BCUT2D eigenvalue weighted by molar-refractivity contribution is 0.0195. The lowest BCUT2D eigenvalue weighted by atomic mass is 10.1. The molecule has 1 aliphatic heterocycles. The van der Waals surface area contributed by atoms with E-state index in [1.54, 1.807) is 11.1 Å². The zero-order valence-electron chi connectivity index (χ0n) is 12.0. The van der Waals surface area contributed by atoms with Crippen LogP contribution in [0.2, 0.25) is 0 Å². The molecule has 0 aliphatic carbocycles. The Morgan fingerprint density at radius 2 is 2.25 bits per heavy atom. The van der Waals surface area contributed by atoms with Crippen LogP contribution in [-0.2, 0) is 4.74 Å². The smallest absolute Gasteiger partial charge is 0.410 e. The highest BCUT2D eigenvalue weighted by molar-refractivity contribution is 5.68. The molecule has 1 N–H and O–H groups in total. The third-order valence-corrected chi connectivity index (χ3v) is 2.96. The van der Waals surface area contributed by atoms with Gasteiger partial charge in [-0.2, -0.15) is 0 Å². The van der Waals surface area contributed by atoms with Crippen LogP contribution in [0.5, 0.6) is 0 Å². The maximum absolute atomic E-state index is 13.2. The van der Waals surface area contributed by atoms with E-state index in [9.17, 15) is 9.18 Å². The van der Waals surface area contributed by atoms with Gasteiger partial charge in [-0.05, 0) is 32.4 Å². The topological polar surface area (TPSA) is 54.5 Å². The monoisotopic (exact) mass is 281 g/mol. The van der Waals surface area contributed by atoms with Gasteiger partial charge in [-0.15, -0.1) is 0 Å². The summed E-state index contributed by atoms with van der Waals surface area (Å²) < 4.78 is 18.6. The minimum atomic E-state index is -0.516. The SMILES string of the molecule is CC(C)(C)OC(=O)N1CCNC(c2cncc(F)c2)C1. The van der Waals surface area contributed by atoms with Crippen molar-refractivity contribution in [2.75, 3.05) is 19.6 Å². The second kappa shape index (κ2) is 5.75. The quantitative estimate of drug-likeness (QED) is 0.856. The highest BCUT2D eigenvalue weighted by Gasteiger charge is 2.28. The Morgan fingerprint density at radius 3 is 2.90 bits per heavy atom. The van der Waals surface area contributed by atoms with E-state index in [0.29, 0.717) is 19.6 Å². The molecule has 1 fully saturated rings. The summed E-state index contributed by atoms with van der Waals surface area (Å²) in [5.41, 5.74) is 0.218. The summed E-state index contributed by atoms with van der Waals surface area (Å²) in [5, 5.41) is 3.25. The molecule has 0 bridgehead atoms. The minimum absolute atomic E-state index is 0.125. The molecule has 20 heavy (non-hydrogen) atoms. The van der Waals surface area contributed by atoms with Crippen LogP contribution in [0.1, 0.15) is 32.4 Å². The van der Waals surface area contributed by atoms with E-state index in [1.165, 1.54) is 6.07 Å². The minimum Gasteiger partial charge on any atom is -0.444 e. The Morgan fingerprint density at radius 1 is 1.50 bits per heavy atom. The van der Waals surface area contributed by atoms with Gasteiger partial charge in [0.25, 0.3) is 0 Å². The van der Waals surface area contributed by atoms with E-state index in [0.717, 1.165) is 11.8 Å². The molecular weight excluding hydrogens is 261 g/mol. The average molecular weight is 281 g/mol. The van der Waals surface area contributed by atoms with E-state index in [2.05, 4.69) is 10.3 Å². The van der Waals surface area contributed by atoms with Crippen LogP contribution >= 0.6 is 0 Å². The summed E-state index contributed by atoms with van der Waals surface area (Å²) in [7, 11) is 0. The van der Waals surface area contributed by atoms with Gasteiger partial charge in [0.15, 0.2) is 0 Å². The molecule has 1 aliphatic rings. The Balaban J connectivity index is 2.03. The Kier molecular flexibility index (Phi) is 4.23. The predicted molar refractivity (Wildman–Crippen MR) is 72.7 cm³/mol. The van der Waals surface area contributed by atoms with Gasteiger partial charge in [0.05, 0.1) is 12.2 Å². The van der Waals surface area contributed by atoms with Gasteiger partial charge in [0.1, 0.15) is 11.4 Å². The highest BCUT2D eigenvalue weighted by Crippen LogP contribution is 2.19. The second-order valence-corrected chi connectivity index (χ2v) is 5.87. The molecule has 6 heteroatoms. The van der Waals surface area contributed by atoms with Crippen molar-refractivity contribution in [2.24, 2.45) is 0 Å². The summed E-state index contributed by atoms with van der Waals surface area (Å²) >= 11 is 0. The molecule has 1 atom stereocenters. The number of hydrogen-bond donors (Lipinski definition) is 1. The number of aromatic nitrogens is 1. The number of nitrogens with one attached hydrogen (secondary N) is 1. The largest absolute Gasteiger partial charge is 0.444 e. The maximum Gasteiger partial charge on any atom is 0.410 e. The number of rotatable bonds is 1. The summed E-state index contributed by atoms with van der Waals surface area (Å²) in [4.78, 5) is 17.5. The van der Waals surface area contributed by atoms with Gasteiger partial charge in [-0.1, -0.05) is 0 Å². The molecule has 0 aromatic carbocycles. The van der Waals surface area contributed by atoms with E-state index >= 15 is 0 Å². The third-order valence-electron chi connectivity index (χ3n) is 2.96. The van der Waals surface area contributed by atoms with E-state index in [4.69, 9.17) is 4.74 Å². The summed E-state index contributed by atoms with van der Waals surface area (Å²) in [6.07, 6.45) is 2.44. The first-order chi connectivity index (χ1) is 9.35. The van der Waals surface area contributed by atoms with Crippen molar-refractivity contribution in [1.29, 1.82) is 0 Å². The van der Waals surface area contributed by atoms with E-state index in [1.807, 2.05) is 20.8 Å². The molecule has 1 unspecified atom stereocenters. The molecule has 0 radical (unpaired) electrons. The zero-order valence-corrected chi connectivity index (χ0v) is 12.0. The van der Waals surface area contributed by atoms with Crippen LogP contribution in [0.3, 0.4) is 0 Å².